The summed E-state index contributed by atoms with van der Waals surface area (Å²) in [7, 11) is 2.09. The van der Waals surface area contributed by atoms with Gasteiger partial charge in [0.05, 0.1) is 10.9 Å². The zero-order chi connectivity index (χ0) is 33.9. The predicted molar refractivity (Wildman–Crippen MR) is 186 cm³/mol. The number of benzene rings is 2. The summed E-state index contributed by atoms with van der Waals surface area (Å²) in [6, 6.07) is 14.9. The molecule has 1 amide bonds. The van der Waals surface area contributed by atoms with Crippen molar-refractivity contribution in [3.05, 3.63) is 114 Å². The van der Waals surface area contributed by atoms with Crippen LogP contribution >= 0.6 is 46.6 Å². The Morgan fingerprint density at radius 1 is 1.09 bits per heavy atom. The van der Waals surface area contributed by atoms with Crippen LogP contribution in [0.4, 0.5) is 4.79 Å². The number of nitrogens with one attached hydrogen (secondary N) is 1. The Morgan fingerprint density at radius 3 is 2.36 bits per heavy atom. The summed E-state index contributed by atoms with van der Waals surface area (Å²) in [5.74, 6) is 0. The molecule has 0 radical (unpaired) electrons. The molecule has 0 spiro atoms. The number of likely N-dealkylation sites (tertiary alicyclic amines) is 1. The van der Waals surface area contributed by atoms with E-state index in [1.54, 1.807) is 35.4 Å². The topological polar surface area (TPSA) is 113 Å². The number of nitrogens with zero attached hydrogens (tertiary/aromatic N) is 5. The van der Waals surface area contributed by atoms with Gasteiger partial charge in [0.1, 0.15) is 16.8 Å². The van der Waals surface area contributed by atoms with Crippen molar-refractivity contribution in [1.29, 1.82) is 0 Å². The Morgan fingerprint density at radius 2 is 1.74 bits per heavy atom. The van der Waals surface area contributed by atoms with E-state index in [1.165, 1.54) is 11.8 Å². The first-order valence-electron chi connectivity index (χ1n) is 15.0. The number of hydrogen-bond acceptors (Lipinski definition) is 8. The number of amides is 1. The molecule has 3 heterocycles. The van der Waals surface area contributed by atoms with Crippen LogP contribution in [0, 0.1) is 0 Å². The third-order valence-corrected chi connectivity index (χ3v) is 9.91. The van der Waals surface area contributed by atoms with E-state index in [2.05, 4.69) is 28.1 Å². The molecule has 0 saturated carbocycles. The van der Waals surface area contributed by atoms with Gasteiger partial charge in [-0.05, 0) is 82.1 Å². The maximum atomic E-state index is 12.6. The van der Waals surface area contributed by atoms with E-state index in [1.807, 2.05) is 39.0 Å². The number of carbonyl (C=O) groups is 1. The van der Waals surface area contributed by atoms with Crippen LogP contribution in [-0.2, 0) is 11.3 Å². The van der Waals surface area contributed by atoms with Gasteiger partial charge in [-0.25, -0.2) is 14.6 Å². The van der Waals surface area contributed by atoms with E-state index in [0.29, 0.717) is 46.0 Å². The van der Waals surface area contributed by atoms with Crippen LogP contribution in [0.1, 0.15) is 55.6 Å². The van der Waals surface area contributed by atoms with Gasteiger partial charge >= 0.3 is 11.8 Å². The third kappa shape index (κ3) is 8.77. The van der Waals surface area contributed by atoms with Gasteiger partial charge in [0.25, 0.3) is 5.56 Å². The Kier molecular flexibility index (Phi) is 11.0. The van der Waals surface area contributed by atoms with Crippen molar-refractivity contribution in [2.45, 2.75) is 62.1 Å². The number of thioether (sulfide) groups is 1. The number of ether oxygens (including phenoxy) is 1. The van der Waals surface area contributed by atoms with Crippen LogP contribution in [-0.4, -0.2) is 67.4 Å². The Hall–Kier alpha value is -3.35. The van der Waals surface area contributed by atoms with Crippen LogP contribution in [0.25, 0.3) is 5.69 Å². The molecule has 1 aliphatic heterocycles. The lowest BCUT2D eigenvalue weighted by Gasteiger charge is -2.37. The third-order valence-electron chi connectivity index (χ3n) is 7.70. The number of halogens is 3. The SMILES string of the molecule is CN(Cc1cccnc1SC(c1ccc(Cl)cc1)c1c(Cl)cc(-n2ncc(=O)[nH]c2=O)cc1Cl)C1CCN(C(=O)OC(C)(C)C)CC1. The average Bonchev–Trinajstić information content (AvgIpc) is 3.00. The highest BCUT2D eigenvalue weighted by molar-refractivity contribution is 7.99. The molecule has 1 fully saturated rings. The van der Waals surface area contributed by atoms with Crippen molar-refractivity contribution >= 4 is 52.7 Å². The molecular weight excluding hydrogens is 683 g/mol. The molecule has 1 N–H and O–H groups in total. The lowest BCUT2D eigenvalue weighted by molar-refractivity contribution is 0.0152. The summed E-state index contributed by atoms with van der Waals surface area (Å²) in [5.41, 5.74) is 1.01. The molecule has 47 heavy (non-hydrogen) atoms. The number of rotatable bonds is 8. The van der Waals surface area contributed by atoms with Crippen LogP contribution in [0.3, 0.4) is 0 Å². The number of carbonyl (C=O) groups excluding carboxylic acids is 1. The lowest BCUT2D eigenvalue weighted by atomic mass is 10.0. The quantitative estimate of drug-likeness (QED) is 0.194. The van der Waals surface area contributed by atoms with Crippen LogP contribution in [0.15, 0.2) is 75.5 Å². The van der Waals surface area contributed by atoms with Crippen molar-refractivity contribution in [3.8, 4) is 5.69 Å². The first-order valence-corrected chi connectivity index (χ1v) is 17.0. The smallest absolute Gasteiger partial charge is 0.410 e. The fourth-order valence-corrected chi connectivity index (χ4v) is 7.63. The summed E-state index contributed by atoms with van der Waals surface area (Å²) in [6.45, 7) is 7.52. The largest absolute Gasteiger partial charge is 0.444 e. The van der Waals surface area contributed by atoms with E-state index < -0.39 is 22.1 Å². The monoisotopic (exact) mass is 716 g/mol. The van der Waals surface area contributed by atoms with Crippen molar-refractivity contribution in [2.75, 3.05) is 20.1 Å². The van der Waals surface area contributed by atoms with Gasteiger partial charge in [-0.3, -0.25) is 14.7 Å². The van der Waals surface area contributed by atoms with Crippen molar-refractivity contribution in [2.24, 2.45) is 0 Å². The molecule has 1 unspecified atom stereocenters. The molecule has 2 aromatic carbocycles. The predicted octanol–water partition coefficient (Wildman–Crippen LogP) is 6.99. The number of aromatic amines is 1. The van der Waals surface area contributed by atoms with Gasteiger partial charge in [0, 0.05) is 52.5 Å². The first-order chi connectivity index (χ1) is 22.3. The van der Waals surface area contributed by atoms with Gasteiger partial charge in [-0.2, -0.15) is 9.78 Å². The van der Waals surface area contributed by atoms with E-state index in [0.717, 1.165) is 39.9 Å². The Labute approximate surface area is 292 Å². The molecule has 14 heteroatoms. The van der Waals surface area contributed by atoms with Crippen LogP contribution < -0.4 is 11.2 Å². The molecular formula is C33H35Cl3N6O4S. The van der Waals surface area contributed by atoms with Gasteiger partial charge in [0.2, 0.25) is 0 Å². The van der Waals surface area contributed by atoms with E-state index >= 15 is 0 Å². The fourth-order valence-electron chi connectivity index (χ4n) is 5.39. The Balaban J connectivity index is 1.40. The molecule has 4 aromatic rings. The molecule has 5 rings (SSSR count). The second-order valence-electron chi connectivity index (χ2n) is 12.3. The summed E-state index contributed by atoms with van der Waals surface area (Å²) >= 11 is 21.6. The summed E-state index contributed by atoms with van der Waals surface area (Å²) in [6.07, 6.45) is 4.15. The zero-order valence-electron chi connectivity index (χ0n) is 26.4. The van der Waals surface area contributed by atoms with E-state index in [4.69, 9.17) is 44.5 Å². The number of piperidine rings is 1. The number of hydrogen-bond donors (Lipinski definition) is 1. The fraction of sp³-hybridized carbons (Fsp3) is 0.364. The van der Waals surface area contributed by atoms with Gasteiger partial charge in [0.15, 0.2) is 0 Å². The molecule has 1 saturated heterocycles. The van der Waals surface area contributed by atoms with Gasteiger partial charge in [-0.15, -0.1) is 0 Å². The normalized spacial score (nSPS) is 14.8. The molecule has 2 aromatic heterocycles. The highest BCUT2D eigenvalue weighted by Crippen LogP contribution is 2.47. The van der Waals surface area contributed by atoms with Crippen molar-refractivity contribution in [1.82, 2.24) is 29.5 Å². The molecule has 1 atom stereocenters. The summed E-state index contributed by atoms with van der Waals surface area (Å²) < 4.78 is 6.59. The van der Waals surface area contributed by atoms with Crippen LogP contribution in [0.2, 0.25) is 15.1 Å². The minimum absolute atomic E-state index is 0.273. The minimum Gasteiger partial charge on any atom is -0.444 e. The Bertz CT molecular complexity index is 1830. The second kappa shape index (κ2) is 14.8. The van der Waals surface area contributed by atoms with E-state index in [-0.39, 0.29) is 12.1 Å². The maximum Gasteiger partial charge on any atom is 0.410 e. The number of aromatic nitrogens is 4. The zero-order valence-corrected chi connectivity index (χ0v) is 29.5. The lowest BCUT2D eigenvalue weighted by Crippen LogP contribution is -2.46. The maximum absolute atomic E-state index is 12.6. The highest BCUT2D eigenvalue weighted by Gasteiger charge is 2.30. The average molecular weight is 718 g/mol. The summed E-state index contributed by atoms with van der Waals surface area (Å²) in [4.78, 5) is 47.6. The van der Waals surface area contributed by atoms with Crippen LogP contribution in [0.5, 0.6) is 0 Å². The molecule has 1 aliphatic rings. The summed E-state index contributed by atoms with van der Waals surface area (Å²) in [5, 5.41) is 5.55. The molecule has 0 bridgehead atoms. The van der Waals surface area contributed by atoms with Gasteiger partial charge < -0.3 is 9.64 Å². The molecule has 248 valence electrons. The highest BCUT2D eigenvalue weighted by atomic mass is 35.5. The molecule has 10 nitrogen and oxygen atoms in total. The standard InChI is InChI=1S/C33H35Cl3N6O4S/c1-33(2,3)46-32(45)41-14-11-23(12-15-41)40(4)19-21-6-5-13-37-30(21)47-29(20-7-9-22(34)10-8-20)28-25(35)16-24(17-26(28)36)42-31(44)39-27(43)18-38-42/h5-10,13,16-18,23,29H,11-12,14-15,19H2,1-4H3,(H,39,43,44). The van der Waals surface area contributed by atoms with Gasteiger partial charge in [-0.1, -0.05) is 64.8 Å². The van der Waals surface area contributed by atoms with E-state index in [9.17, 15) is 14.4 Å². The first kappa shape index (κ1) is 35.0. The molecule has 0 aliphatic carbocycles. The number of pyridine rings is 1. The minimum atomic E-state index is -0.709. The second-order valence-corrected chi connectivity index (χ2v) is 14.6. The van der Waals surface area contributed by atoms with Crippen molar-refractivity contribution in [3.63, 3.8) is 0 Å². The number of H-pyrrole nitrogens is 1. The van der Waals surface area contributed by atoms with Crippen molar-refractivity contribution < 1.29 is 9.53 Å².